The molecule has 1 saturated heterocycles. The lowest BCUT2D eigenvalue weighted by atomic mass is 10.0. The molecule has 1 aromatic rings. The second-order valence-corrected chi connectivity index (χ2v) is 7.06. The van der Waals surface area contributed by atoms with Crippen LogP contribution in [0.2, 0.25) is 5.02 Å². The van der Waals surface area contributed by atoms with E-state index in [0.29, 0.717) is 6.04 Å². The van der Waals surface area contributed by atoms with Crippen LogP contribution in [0.25, 0.3) is 0 Å². The molecule has 98 valence electrons. The maximum absolute atomic E-state index is 6.05. The molecule has 0 spiro atoms. The molecule has 0 saturated carbocycles. The van der Waals surface area contributed by atoms with Crippen molar-refractivity contribution >= 4 is 23.4 Å². The third kappa shape index (κ3) is 2.87. The average molecular weight is 282 g/mol. The summed E-state index contributed by atoms with van der Waals surface area (Å²) in [5.74, 6) is 3.59. The monoisotopic (exact) mass is 281 g/mol. The normalized spacial score (nSPS) is 24.2. The van der Waals surface area contributed by atoms with Crippen LogP contribution in [0.4, 0.5) is 0 Å². The Morgan fingerprint density at radius 2 is 2.06 bits per heavy atom. The van der Waals surface area contributed by atoms with Crippen molar-refractivity contribution < 1.29 is 0 Å². The third-order valence-corrected chi connectivity index (χ3v) is 5.46. The van der Waals surface area contributed by atoms with E-state index in [1.54, 1.807) is 0 Å². The molecular formula is C15H20ClNS. The van der Waals surface area contributed by atoms with E-state index in [4.69, 9.17) is 11.6 Å². The van der Waals surface area contributed by atoms with Gasteiger partial charge in [-0.15, -0.1) is 0 Å². The van der Waals surface area contributed by atoms with E-state index < -0.39 is 0 Å². The van der Waals surface area contributed by atoms with Crippen molar-refractivity contribution in [3.8, 4) is 0 Å². The topological polar surface area (TPSA) is 12.0 Å². The summed E-state index contributed by atoms with van der Waals surface area (Å²) in [5.41, 5.74) is 2.92. The van der Waals surface area contributed by atoms with E-state index in [2.05, 4.69) is 29.2 Å². The van der Waals surface area contributed by atoms with Gasteiger partial charge in [-0.3, -0.25) is 0 Å². The fourth-order valence-electron chi connectivity index (χ4n) is 3.06. The van der Waals surface area contributed by atoms with Crippen LogP contribution in [0.1, 0.15) is 36.4 Å². The van der Waals surface area contributed by atoms with Crippen molar-refractivity contribution in [2.24, 2.45) is 5.92 Å². The van der Waals surface area contributed by atoms with Crippen LogP contribution in [-0.2, 0) is 6.42 Å². The molecule has 2 aliphatic rings. The van der Waals surface area contributed by atoms with Crippen molar-refractivity contribution in [2.45, 2.75) is 31.7 Å². The van der Waals surface area contributed by atoms with Gasteiger partial charge in [0.2, 0.25) is 0 Å². The van der Waals surface area contributed by atoms with Crippen LogP contribution in [-0.4, -0.2) is 18.1 Å². The summed E-state index contributed by atoms with van der Waals surface area (Å²) in [5, 5.41) is 4.65. The van der Waals surface area contributed by atoms with Gasteiger partial charge in [0, 0.05) is 11.1 Å². The molecule has 0 aromatic heterocycles. The van der Waals surface area contributed by atoms with Gasteiger partial charge in [0.05, 0.1) is 0 Å². The highest BCUT2D eigenvalue weighted by Crippen LogP contribution is 2.33. The van der Waals surface area contributed by atoms with Gasteiger partial charge >= 0.3 is 0 Å². The van der Waals surface area contributed by atoms with Crippen molar-refractivity contribution in [3.63, 3.8) is 0 Å². The van der Waals surface area contributed by atoms with Crippen LogP contribution in [0.5, 0.6) is 0 Å². The maximum Gasteiger partial charge on any atom is 0.0408 e. The third-order valence-electron chi connectivity index (χ3n) is 4.18. The highest BCUT2D eigenvalue weighted by molar-refractivity contribution is 7.99. The number of halogens is 1. The Labute approximate surface area is 119 Å². The molecule has 0 bridgehead atoms. The van der Waals surface area contributed by atoms with Crippen molar-refractivity contribution in [3.05, 3.63) is 34.3 Å². The molecule has 1 heterocycles. The summed E-state index contributed by atoms with van der Waals surface area (Å²) in [7, 11) is 0. The highest BCUT2D eigenvalue weighted by atomic mass is 35.5. The number of rotatable bonds is 3. The quantitative estimate of drug-likeness (QED) is 0.897. The SMILES string of the molecule is Clc1ccc2c(c1)CCC2NCC1CCSCC1. The molecule has 1 aliphatic carbocycles. The Bertz CT molecular complexity index is 415. The van der Waals surface area contributed by atoms with Gasteiger partial charge in [0.1, 0.15) is 0 Å². The Hall–Kier alpha value is -0.180. The molecule has 18 heavy (non-hydrogen) atoms. The minimum Gasteiger partial charge on any atom is -0.310 e. The van der Waals surface area contributed by atoms with Gasteiger partial charge in [-0.1, -0.05) is 17.7 Å². The van der Waals surface area contributed by atoms with Crippen LogP contribution in [0.15, 0.2) is 18.2 Å². The fraction of sp³-hybridized carbons (Fsp3) is 0.600. The predicted molar refractivity (Wildman–Crippen MR) is 80.6 cm³/mol. The minimum absolute atomic E-state index is 0.562. The molecule has 1 atom stereocenters. The fourth-order valence-corrected chi connectivity index (χ4v) is 4.46. The average Bonchev–Trinajstić information content (AvgIpc) is 2.80. The smallest absolute Gasteiger partial charge is 0.0408 e. The van der Waals surface area contributed by atoms with Crippen LogP contribution in [0.3, 0.4) is 0 Å². The largest absolute Gasteiger partial charge is 0.310 e. The second kappa shape index (κ2) is 5.85. The number of nitrogens with one attached hydrogen (secondary N) is 1. The Balaban J connectivity index is 1.59. The molecule has 1 fully saturated rings. The van der Waals surface area contributed by atoms with Crippen molar-refractivity contribution in [2.75, 3.05) is 18.1 Å². The zero-order chi connectivity index (χ0) is 12.4. The van der Waals surface area contributed by atoms with Crippen LogP contribution in [0, 0.1) is 5.92 Å². The molecule has 0 radical (unpaired) electrons. The Kier molecular flexibility index (Phi) is 4.17. The number of fused-ring (bicyclic) bond motifs is 1. The van der Waals surface area contributed by atoms with E-state index in [0.717, 1.165) is 10.9 Å². The van der Waals surface area contributed by atoms with Gasteiger partial charge in [-0.05, 0) is 72.9 Å². The zero-order valence-corrected chi connectivity index (χ0v) is 12.2. The Morgan fingerprint density at radius 3 is 2.89 bits per heavy atom. The highest BCUT2D eigenvalue weighted by Gasteiger charge is 2.23. The minimum atomic E-state index is 0.562. The first-order chi connectivity index (χ1) is 8.83. The van der Waals surface area contributed by atoms with E-state index in [1.165, 1.54) is 54.9 Å². The summed E-state index contributed by atoms with van der Waals surface area (Å²) in [6.07, 6.45) is 5.18. The second-order valence-electron chi connectivity index (χ2n) is 5.40. The molecule has 1 aromatic carbocycles. The number of benzene rings is 1. The first-order valence-electron chi connectivity index (χ1n) is 6.92. The summed E-state index contributed by atoms with van der Waals surface area (Å²) in [6, 6.07) is 6.93. The Morgan fingerprint density at radius 1 is 1.22 bits per heavy atom. The molecule has 1 nitrogen and oxygen atoms in total. The number of hydrogen-bond acceptors (Lipinski definition) is 2. The predicted octanol–water partition coefficient (Wildman–Crippen LogP) is 4.06. The summed E-state index contributed by atoms with van der Waals surface area (Å²) < 4.78 is 0. The molecule has 0 amide bonds. The zero-order valence-electron chi connectivity index (χ0n) is 10.6. The van der Waals surface area contributed by atoms with Gasteiger partial charge in [0.25, 0.3) is 0 Å². The summed E-state index contributed by atoms with van der Waals surface area (Å²) in [4.78, 5) is 0. The molecule has 1 aliphatic heterocycles. The van der Waals surface area contributed by atoms with Gasteiger partial charge < -0.3 is 5.32 Å². The number of hydrogen-bond donors (Lipinski definition) is 1. The van der Waals surface area contributed by atoms with Crippen LogP contribution >= 0.6 is 23.4 Å². The van der Waals surface area contributed by atoms with Crippen molar-refractivity contribution in [1.82, 2.24) is 5.32 Å². The van der Waals surface area contributed by atoms with Gasteiger partial charge in [0.15, 0.2) is 0 Å². The summed E-state index contributed by atoms with van der Waals surface area (Å²) in [6.45, 7) is 1.19. The standard InChI is InChI=1S/C15H20ClNS/c16-13-2-3-14-12(9-13)1-4-15(14)17-10-11-5-7-18-8-6-11/h2-3,9,11,15,17H,1,4-8,10H2. The lowest BCUT2D eigenvalue weighted by Gasteiger charge is -2.24. The number of aryl methyl sites for hydroxylation is 1. The first-order valence-corrected chi connectivity index (χ1v) is 8.45. The molecular weight excluding hydrogens is 262 g/mol. The molecule has 3 rings (SSSR count). The number of thioether (sulfide) groups is 1. The van der Waals surface area contributed by atoms with E-state index in [9.17, 15) is 0 Å². The maximum atomic E-state index is 6.05. The van der Waals surface area contributed by atoms with Gasteiger partial charge in [-0.2, -0.15) is 11.8 Å². The summed E-state index contributed by atoms with van der Waals surface area (Å²) >= 11 is 8.15. The van der Waals surface area contributed by atoms with Gasteiger partial charge in [-0.25, -0.2) is 0 Å². The molecule has 1 N–H and O–H groups in total. The van der Waals surface area contributed by atoms with E-state index in [1.807, 2.05) is 6.07 Å². The van der Waals surface area contributed by atoms with E-state index in [-0.39, 0.29) is 0 Å². The molecule has 1 unspecified atom stereocenters. The first kappa shape index (κ1) is 12.8. The van der Waals surface area contributed by atoms with E-state index >= 15 is 0 Å². The molecule has 3 heteroatoms. The van der Waals surface area contributed by atoms with Crippen LogP contribution < -0.4 is 5.32 Å². The lowest BCUT2D eigenvalue weighted by molar-refractivity contribution is 0.409. The lowest BCUT2D eigenvalue weighted by Crippen LogP contribution is -2.28. The van der Waals surface area contributed by atoms with Crippen molar-refractivity contribution in [1.29, 1.82) is 0 Å².